The zero-order valence-corrected chi connectivity index (χ0v) is 21.1. The van der Waals surface area contributed by atoms with Gasteiger partial charge in [0.2, 0.25) is 0 Å². The normalized spacial score (nSPS) is 15.9. The van der Waals surface area contributed by atoms with E-state index in [0.717, 1.165) is 68.7 Å². The molecule has 0 amide bonds. The van der Waals surface area contributed by atoms with Crippen molar-refractivity contribution in [2.24, 2.45) is 4.99 Å². The van der Waals surface area contributed by atoms with Crippen molar-refractivity contribution >= 4 is 41.5 Å². The maximum absolute atomic E-state index is 6.06. The van der Waals surface area contributed by atoms with Crippen molar-refractivity contribution in [3.05, 3.63) is 53.3 Å². The van der Waals surface area contributed by atoms with Crippen LogP contribution in [0, 0.1) is 0 Å². The molecule has 2 aromatic rings. The largest absolute Gasteiger partial charge is 0.381 e. The van der Waals surface area contributed by atoms with Crippen LogP contribution in [0.3, 0.4) is 0 Å². The highest BCUT2D eigenvalue weighted by Crippen LogP contribution is 2.20. The van der Waals surface area contributed by atoms with Crippen molar-refractivity contribution in [1.82, 2.24) is 20.4 Å². The zero-order chi connectivity index (χ0) is 21.0. The van der Waals surface area contributed by atoms with Crippen LogP contribution >= 0.6 is 35.6 Å². The summed E-state index contributed by atoms with van der Waals surface area (Å²) in [5, 5.41) is 11.9. The molecule has 1 aromatic carbocycles. The molecule has 2 N–H and O–H groups in total. The summed E-state index contributed by atoms with van der Waals surface area (Å²) in [5.41, 5.74) is 1.12. The molecule has 9 heteroatoms. The summed E-state index contributed by atoms with van der Waals surface area (Å²) in [6.45, 7) is 6.61. The minimum Gasteiger partial charge on any atom is -0.381 e. The van der Waals surface area contributed by atoms with Gasteiger partial charge in [-0.3, -0.25) is 9.67 Å². The Kier molecular flexibility index (Phi) is 12.2. The van der Waals surface area contributed by atoms with Crippen LogP contribution < -0.4 is 10.6 Å². The first kappa shape index (κ1) is 25.9. The highest BCUT2D eigenvalue weighted by Gasteiger charge is 2.15. The van der Waals surface area contributed by atoms with Gasteiger partial charge in [-0.15, -0.1) is 24.0 Å². The monoisotopic (exact) mass is 561 g/mol. The highest BCUT2D eigenvalue weighted by molar-refractivity contribution is 14.0. The lowest BCUT2D eigenvalue weighted by atomic mass is 10.1. The van der Waals surface area contributed by atoms with Crippen LogP contribution in [0.5, 0.6) is 0 Å². The van der Waals surface area contributed by atoms with Crippen LogP contribution in [0.25, 0.3) is 0 Å². The summed E-state index contributed by atoms with van der Waals surface area (Å²) < 4.78 is 13.2. The van der Waals surface area contributed by atoms with E-state index in [1.54, 1.807) is 6.20 Å². The number of hydrogen-bond donors (Lipinski definition) is 2. The smallest absolute Gasteiger partial charge is 0.191 e. The van der Waals surface area contributed by atoms with E-state index in [-0.39, 0.29) is 30.0 Å². The van der Waals surface area contributed by atoms with Gasteiger partial charge >= 0.3 is 0 Å². The van der Waals surface area contributed by atoms with Crippen LogP contribution in [-0.4, -0.2) is 61.3 Å². The molecule has 1 saturated heterocycles. The minimum absolute atomic E-state index is 0. The van der Waals surface area contributed by atoms with E-state index in [1.165, 1.54) is 0 Å². The standard InChI is InChI=1S/C22H32ClN5O2.HI/c1-2-24-22(25-11-4-14-30-20-9-15-29-16-10-20)26-17-21(28-13-3-12-27-28)18-5-7-19(23)8-6-18;/h3,5-8,12-13,20-21H,2,4,9-11,14-17H2,1H3,(H2,24,25,26);1H. The number of ether oxygens (including phenoxy) is 2. The van der Waals surface area contributed by atoms with Gasteiger partial charge in [0.15, 0.2) is 5.96 Å². The fourth-order valence-corrected chi connectivity index (χ4v) is 3.51. The summed E-state index contributed by atoms with van der Waals surface area (Å²) in [5.74, 6) is 0.801. The number of aliphatic imine (C=N–C) groups is 1. The molecule has 7 nitrogen and oxygen atoms in total. The molecule has 1 unspecified atom stereocenters. The van der Waals surface area contributed by atoms with Gasteiger partial charge in [-0.25, -0.2) is 0 Å². The maximum atomic E-state index is 6.06. The topological polar surface area (TPSA) is 72.7 Å². The summed E-state index contributed by atoms with van der Waals surface area (Å²) >= 11 is 6.06. The number of hydrogen-bond acceptors (Lipinski definition) is 4. The van der Waals surface area contributed by atoms with E-state index in [4.69, 9.17) is 26.1 Å². The Morgan fingerprint density at radius 1 is 1.29 bits per heavy atom. The maximum Gasteiger partial charge on any atom is 0.191 e. The van der Waals surface area contributed by atoms with E-state index in [1.807, 2.05) is 41.2 Å². The Hall–Kier alpha value is -1.36. The van der Waals surface area contributed by atoms with Crippen LogP contribution in [0.2, 0.25) is 5.02 Å². The number of guanidine groups is 1. The third kappa shape index (κ3) is 8.96. The van der Waals surface area contributed by atoms with Gasteiger partial charge in [0, 0.05) is 50.3 Å². The summed E-state index contributed by atoms with van der Waals surface area (Å²) in [7, 11) is 0. The molecule has 0 saturated carbocycles. The Bertz CT molecular complexity index is 752. The van der Waals surface area contributed by atoms with E-state index < -0.39 is 0 Å². The number of rotatable bonds is 10. The Labute approximate surface area is 207 Å². The lowest BCUT2D eigenvalue weighted by Gasteiger charge is -2.22. The third-order valence-corrected chi connectivity index (χ3v) is 5.25. The molecule has 31 heavy (non-hydrogen) atoms. The first-order chi connectivity index (χ1) is 14.8. The molecule has 1 fully saturated rings. The Balaban J connectivity index is 0.00000341. The predicted octanol–water partition coefficient (Wildman–Crippen LogP) is 3.88. The quantitative estimate of drug-likeness (QED) is 0.199. The second kappa shape index (κ2) is 14.7. The highest BCUT2D eigenvalue weighted by atomic mass is 127. The molecular weight excluding hydrogens is 529 g/mol. The summed E-state index contributed by atoms with van der Waals surface area (Å²) in [4.78, 5) is 4.80. The average Bonchev–Trinajstić information content (AvgIpc) is 3.30. The second-order valence-corrected chi connectivity index (χ2v) is 7.67. The summed E-state index contributed by atoms with van der Waals surface area (Å²) in [6, 6.07) is 9.78. The van der Waals surface area contributed by atoms with Crippen LogP contribution in [0.1, 0.15) is 37.8 Å². The number of benzene rings is 1. The van der Waals surface area contributed by atoms with E-state index >= 15 is 0 Å². The van der Waals surface area contributed by atoms with Gasteiger partial charge in [-0.1, -0.05) is 23.7 Å². The summed E-state index contributed by atoms with van der Waals surface area (Å²) in [6.07, 6.45) is 7.02. The molecule has 172 valence electrons. The lowest BCUT2D eigenvalue weighted by Crippen LogP contribution is -2.38. The molecule has 0 aliphatic carbocycles. The first-order valence-corrected chi connectivity index (χ1v) is 11.1. The molecule has 0 radical (unpaired) electrons. The van der Waals surface area contributed by atoms with Gasteiger partial charge in [-0.2, -0.15) is 5.10 Å². The van der Waals surface area contributed by atoms with Crippen molar-refractivity contribution < 1.29 is 9.47 Å². The minimum atomic E-state index is 0. The number of halogens is 2. The Morgan fingerprint density at radius 3 is 2.74 bits per heavy atom. The molecule has 0 spiro atoms. The molecule has 1 atom stereocenters. The molecule has 1 aliphatic rings. The van der Waals surface area contributed by atoms with Crippen molar-refractivity contribution in [3.63, 3.8) is 0 Å². The van der Waals surface area contributed by atoms with Crippen molar-refractivity contribution in [1.29, 1.82) is 0 Å². The fraction of sp³-hybridized carbons (Fsp3) is 0.545. The molecule has 1 aromatic heterocycles. The molecule has 3 rings (SSSR count). The van der Waals surface area contributed by atoms with Crippen LogP contribution in [0.15, 0.2) is 47.7 Å². The third-order valence-electron chi connectivity index (χ3n) is 5.00. The number of nitrogens with one attached hydrogen (secondary N) is 2. The Morgan fingerprint density at radius 2 is 2.06 bits per heavy atom. The number of nitrogens with zero attached hydrogens (tertiary/aromatic N) is 3. The van der Waals surface area contributed by atoms with Gasteiger partial charge < -0.3 is 20.1 Å². The molecular formula is C22H33ClIN5O2. The van der Waals surface area contributed by atoms with Gasteiger partial charge in [0.25, 0.3) is 0 Å². The van der Waals surface area contributed by atoms with Crippen LogP contribution in [-0.2, 0) is 9.47 Å². The average molecular weight is 562 g/mol. The van der Waals surface area contributed by atoms with E-state index in [9.17, 15) is 0 Å². The predicted molar refractivity (Wildman–Crippen MR) is 136 cm³/mol. The van der Waals surface area contributed by atoms with E-state index in [0.29, 0.717) is 12.6 Å². The van der Waals surface area contributed by atoms with Crippen molar-refractivity contribution in [2.45, 2.75) is 38.3 Å². The second-order valence-electron chi connectivity index (χ2n) is 7.24. The molecule has 1 aliphatic heterocycles. The lowest BCUT2D eigenvalue weighted by molar-refractivity contribution is -0.0320. The molecule has 0 bridgehead atoms. The van der Waals surface area contributed by atoms with Crippen LogP contribution in [0.4, 0.5) is 0 Å². The van der Waals surface area contributed by atoms with Crippen molar-refractivity contribution in [3.8, 4) is 0 Å². The number of aromatic nitrogens is 2. The van der Waals surface area contributed by atoms with Crippen molar-refractivity contribution in [2.75, 3.05) is 39.5 Å². The van der Waals surface area contributed by atoms with Gasteiger partial charge in [-0.05, 0) is 49.9 Å². The first-order valence-electron chi connectivity index (χ1n) is 10.7. The van der Waals surface area contributed by atoms with Gasteiger partial charge in [0.05, 0.1) is 18.7 Å². The van der Waals surface area contributed by atoms with Gasteiger partial charge in [0.1, 0.15) is 0 Å². The van der Waals surface area contributed by atoms with E-state index in [2.05, 4.69) is 22.7 Å². The fourth-order valence-electron chi connectivity index (χ4n) is 3.38. The zero-order valence-electron chi connectivity index (χ0n) is 18.0. The molecule has 2 heterocycles. The SMILES string of the molecule is CCNC(=NCC(c1ccc(Cl)cc1)n1cccn1)NCCCOC1CCOCC1.I.